The molecule has 0 saturated carbocycles. The van der Waals surface area contributed by atoms with E-state index in [0.29, 0.717) is 11.3 Å². The quantitative estimate of drug-likeness (QED) is 0.506. The number of nitrogens with zero attached hydrogens (tertiary/aromatic N) is 1. The Hall–Kier alpha value is -2.82. The lowest BCUT2D eigenvalue weighted by molar-refractivity contribution is -0.255. The molecular formula is C15H12NO4-. The van der Waals surface area contributed by atoms with Gasteiger partial charge >= 0.3 is 0 Å². The van der Waals surface area contributed by atoms with E-state index in [4.69, 9.17) is 9.94 Å². The summed E-state index contributed by atoms with van der Waals surface area (Å²) in [5.74, 6) is -0.628. The minimum absolute atomic E-state index is 0.126. The molecule has 0 saturated heterocycles. The minimum atomic E-state index is -1.21. The molecule has 0 unspecified atom stereocenters. The van der Waals surface area contributed by atoms with E-state index in [-0.39, 0.29) is 12.2 Å². The van der Waals surface area contributed by atoms with Crippen LogP contribution in [-0.2, 0) is 6.61 Å². The number of rotatable bonds is 5. The Bertz CT molecular complexity index is 620. The van der Waals surface area contributed by atoms with E-state index in [2.05, 4.69) is 5.16 Å². The van der Waals surface area contributed by atoms with Crippen LogP contribution in [0.3, 0.4) is 0 Å². The van der Waals surface area contributed by atoms with Crippen LogP contribution >= 0.6 is 0 Å². The zero-order valence-corrected chi connectivity index (χ0v) is 10.5. The van der Waals surface area contributed by atoms with Crippen molar-refractivity contribution in [3.05, 3.63) is 65.2 Å². The summed E-state index contributed by atoms with van der Waals surface area (Å²) in [5, 5.41) is 22.2. The summed E-state index contributed by atoms with van der Waals surface area (Å²) in [6, 6.07) is 13.4. The normalized spacial score (nSPS) is 10.6. The first-order chi connectivity index (χ1) is 9.70. The molecule has 0 fully saturated rings. The Morgan fingerprint density at radius 1 is 1.20 bits per heavy atom. The van der Waals surface area contributed by atoms with Gasteiger partial charge in [-0.05, 0) is 23.3 Å². The molecule has 0 radical (unpaired) electrons. The summed E-state index contributed by atoms with van der Waals surface area (Å²) >= 11 is 0. The number of benzene rings is 2. The van der Waals surface area contributed by atoms with Crippen molar-refractivity contribution in [1.29, 1.82) is 0 Å². The molecule has 2 rings (SSSR count). The lowest BCUT2D eigenvalue weighted by Gasteiger charge is -2.09. The Morgan fingerprint density at radius 2 is 1.90 bits per heavy atom. The molecule has 0 bridgehead atoms. The molecule has 20 heavy (non-hydrogen) atoms. The Kier molecular flexibility index (Phi) is 4.34. The van der Waals surface area contributed by atoms with Crippen molar-refractivity contribution in [2.24, 2.45) is 5.16 Å². The van der Waals surface area contributed by atoms with Gasteiger partial charge in [0.1, 0.15) is 12.4 Å². The first kappa shape index (κ1) is 13.6. The number of hydrogen-bond donors (Lipinski definition) is 1. The molecule has 0 heterocycles. The van der Waals surface area contributed by atoms with E-state index in [1.807, 2.05) is 6.07 Å². The van der Waals surface area contributed by atoms with E-state index < -0.39 is 5.97 Å². The number of oxime groups is 1. The van der Waals surface area contributed by atoms with Crippen LogP contribution in [0.25, 0.3) is 0 Å². The van der Waals surface area contributed by atoms with Crippen LogP contribution in [0.4, 0.5) is 0 Å². The third-order valence-electron chi connectivity index (χ3n) is 2.70. The fraction of sp³-hybridized carbons (Fsp3) is 0.0667. The SMILES string of the molecule is O=C([O-])c1ccc(COc2ccccc2/C=N\O)cc1. The summed E-state index contributed by atoms with van der Waals surface area (Å²) in [4.78, 5) is 10.6. The molecule has 5 heteroatoms. The molecule has 0 aliphatic rings. The van der Waals surface area contributed by atoms with E-state index in [1.165, 1.54) is 18.3 Å². The highest BCUT2D eigenvalue weighted by Gasteiger charge is 2.02. The van der Waals surface area contributed by atoms with Gasteiger partial charge in [0.2, 0.25) is 0 Å². The zero-order chi connectivity index (χ0) is 14.4. The molecule has 0 aromatic heterocycles. The maximum absolute atomic E-state index is 10.6. The van der Waals surface area contributed by atoms with E-state index in [9.17, 15) is 9.90 Å². The average molecular weight is 270 g/mol. The number of ether oxygens (including phenoxy) is 1. The summed E-state index contributed by atoms with van der Waals surface area (Å²) in [5.41, 5.74) is 1.61. The molecule has 2 aromatic rings. The van der Waals surface area contributed by atoms with Gasteiger partial charge in [0.25, 0.3) is 0 Å². The maximum Gasteiger partial charge on any atom is 0.128 e. The highest BCUT2D eigenvalue weighted by molar-refractivity contribution is 5.85. The van der Waals surface area contributed by atoms with Gasteiger partial charge in [-0.1, -0.05) is 41.6 Å². The van der Waals surface area contributed by atoms with Gasteiger partial charge in [-0.15, -0.1) is 0 Å². The molecule has 102 valence electrons. The van der Waals surface area contributed by atoms with Crippen molar-refractivity contribution in [1.82, 2.24) is 0 Å². The van der Waals surface area contributed by atoms with Gasteiger partial charge in [0, 0.05) is 5.56 Å². The largest absolute Gasteiger partial charge is 0.545 e. The zero-order valence-electron chi connectivity index (χ0n) is 10.5. The second-order valence-corrected chi connectivity index (χ2v) is 4.06. The van der Waals surface area contributed by atoms with Crippen molar-refractivity contribution in [2.75, 3.05) is 0 Å². The number of aromatic carboxylic acids is 1. The number of para-hydroxylation sites is 1. The van der Waals surface area contributed by atoms with Gasteiger partial charge in [0.15, 0.2) is 0 Å². The Labute approximate surface area is 115 Å². The van der Waals surface area contributed by atoms with Crippen molar-refractivity contribution in [3.63, 3.8) is 0 Å². The van der Waals surface area contributed by atoms with Crippen LogP contribution in [0.2, 0.25) is 0 Å². The molecule has 0 aliphatic carbocycles. The summed E-state index contributed by atoms with van der Waals surface area (Å²) in [7, 11) is 0. The third-order valence-corrected chi connectivity index (χ3v) is 2.70. The number of carbonyl (C=O) groups excluding carboxylic acids is 1. The topological polar surface area (TPSA) is 82.0 Å². The second kappa shape index (κ2) is 6.38. The smallest absolute Gasteiger partial charge is 0.128 e. The van der Waals surface area contributed by atoms with Gasteiger partial charge < -0.3 is 19.8 Å². The van der Waals surface area contributed by atoms with E-state index in [1.54, 1.807) is 30.3 Å². The fourth-order valence-electron chi connectivity index (χ4n) is 1.68. The molecule has 0 amide bonds. The first-order valence-electron chi connectivity index (χ1n) is 5.90. The number of carboxylic acids is 1. The lowest BCUT2D eigenvalue weighted by atomic mass is 10.1. The van der Waals surface area contributed by atoms with Crippen LogP contribution in [0, 0.1) is 0 Å². The standard InChI is InChI=1S/C15H13NO4/c17-15(18)12-7-5-11(6-8-12)10-20-14-4-2-1-3-13(14)9-16-19/h1-9,19H,10H2,(H,17,18)/p-1/b16-9-. The first-order valence-corrected chi connectivity index (χ1v) is 5.90. The molecule has 2 aromatic carbocycles. The molecule has 0 aliphatic heterocycles. The molecule has 5 nitrogen and oxygen atoms in total. The van der Waals surface area contributed by atoms with Crippen LogP contribution < -0.4 is 9.84 Å². The number of hydrogen-bond acceptors (Lipinski definition) is 5. The lowest BCUT2D eigenvalue weighted by Crippen LogP contribution is -2.22. The van der Waals surface area contributed by atoms with Gasteiger partial charge in [-0.25, -0.2) is 0 Å². The van der Waals surface area contributed by atoms with Crippen molar-refractivity contribution in [2.45, 2.75) is 6.61 Å². The number of carbonyl (C=O) groups is 1. The Morgan fingerprint density at radius 3 is 2.55 bits per heavy atom. The monoisotopic (exact) mass is 270 g/mol. The average Bonchev–Trinajstić information content (AvgIpc) is 2.47. The molecule has 0 spiro atoms. The summed E-state index contributed by atoms with van der Waals surface area (Å²) < 4.78 is 5.61. The van der Waals surface area contributed by atoms with Crippen molar-refractivity contribution >= 4 is 12.2 Å². The van der Waals surface area contributed by atoms with Crippen molar-refractivity contribution in [3.8, 4) is 5.75 Å². The van der Waals surface area contributed by atoms with Gasteiger partial charge in [-0.3, -0.25) is 0 Å². The van der Waals surface area contributed by atoms with E-state index in [0.717, 1.165) is 5.56 Å². The molecule has 0 atom stereocenters. The molecular weight excluding hydrogens is 258 g/mol. The highest BCUT2D eigenvalue weighted by Crippen LogP contribution is 2.17. The van der Waals surface area contributed by atoms with Crippen LogP contribution in [0.1, 0.15) is 21.5 Å². The third kappa shape index (κ3) is 3.35. The highest BCUT2D eigenvalue weighted by atomic mass is 16.5. The summed E-state index contributed by atoms with van der Waals surface area (Å²) in [6.45, 7) is 0.281. The van der Waals surface area contributed by atoms with Crippen molar-refractivity contribution < 1.29 is 19.8 Å². The van der Waals surface area contributed by atoms with E-state index >= 15 is 0 Å². The van der Waals surface area contributed by atoms with Gasteiger partial charge in [0.05, 0.1) is 12.2 Å². The van der Waals surface area contributed by atoms with Crippen LogP contribution in [-0.4, -0.2) is 17.4 Å². The van der Waals surface area contributed by atoms with Gasteiger partial charge in [-0.2, -0.15) is 0 Å². The molecule has 1 N–H and O–H groups in total. The predicted octanol–water partition coefficient (Wildman–Crippen LogP) is 1.44. The predicted molar refractivity (Wildman–Crippen MR) is 70.9 cm³/mol. The fourth-order valence-corrected chi connectivity index (χ4v) is 1.68. The number of carboxylic acid groups (broad SMARTS) is 1. The maximum atomic E-state index is 10.6. The second-order valence-electron chi connectivity index (χ2n) is 4.06. The Balaban J connectivity index is 2.07. The minimum Gasteiger partial charge on any atom is -0.545 e. The van der Waals surface area contributed by atoms with Crippen LogP contribution in [0.15, 0.2) is 53.7 Å². The summed E-state index contributed by atoms with van der Waals surface area (Å²) in [6.07, 6.45) is 1.29. The van der Waals surface area contributed by atoms with Crippen LogP contribution in [0.5, 0.6) is 5.75 Å².